The lowest BCUT2D eigenvalue weighted by atomic mass is 9.99. The quantitative estimate of drug-likeness (QED) is 0.569. The van der Waals surface area contributed by atoms with Crippen LogP contribution in [0.2, 0.25) is 0 Å². The molecule has 0 aromatic heterocycles. The molecule has 0 spiro atoms. The molecule has 0 aromatic rings. The van der Waals surface area contributed by atoms with Crippen molar-refractivity contribution in [1.82, 2.24) is 4.90 Å². The van der Waals surface area contributed by atoms with E-state index >= 15 is 0 Å². The topological polar surface area (TPSA) is 3.24 Å². The lowest BCUT2D eigenvalue weighted by molar-refractivity contribution is 0.251. The minimum Gasteiger partial charge on any atom is -0.301 e. The number of likely N-dealkylation sites (tertiary alicyclic amines) is 1. The zero-order valence-corrected chi connectivity index (χ0v) is 7.43. The van der Waals surface area contributed by atoms with Crippen LogP contribution >= 0.6 is 0 Å². The van der Waals surface area contributed by atoms with Gasteiger partial charge in [-0.05, 0) is 32.4 Å². The van der Waals surface area contributed by atoms with Crippen molar-refractivity contribution < 1.29 is 0 Å². The van der Waals surface area contributed by atoms with E-state index in [4.69, 9.17) is 0 Å². The predicted octanol–water partition coefficient (Wildman–Crippen LogP) is 2.13. The molecule has 0 N–H and O–H groups in total. The highest BCUT2D eigenvalue weighted by Crippen LogP contribution is 2.25. The molecule has 0 radical (unpaired) electrons. The van der Waals surface area contributed by atoms with Crippen LogP contribution in [0.25, 0.3) is 0 Å². The van der Waals surface area contributed by atoms with E-state index in [0.717, 1.165) is 12.0 Å². The lowest BCUT2D eigenvalue weighted by Gasteiger charge is -2.21. The van der Waals surface area contributed by atoms with E-state index in [2.05, 4.69) is 25.7 Å². The van der Waals surface area contributed by atoms with Gasteiger partial charge in [0.15, 0.2) is 0 Å². The van der Waals surface area contributed by atoms with Gasteiger partial charge in [0.25, 0.3) is 0 Å². The predicted molar refractivity (Wildman–Crippen MR) is 45.1 cm³/mol. The maximum Gasteiger partial charge on any atom is 0.00954 e. The van der Waals surface area contributed by atoms with Crippen molar-refractivity contribution in [3.05, 3.63) is 0 Å². The molecule has 1 nitrogen and oxygen atoms in total. The van der Waals surface area contributed by atoms with Crippen LogP contribution in [0.3, 0.4) is 0 Å². The molecule has 0 aromatic carbocycles. The minimum atomic E-state index is 0.843. The zero-order valence-electron chi connectivity index (χ0n) is 7.43. The van der Waals surface area contributed by atoms with Crippen molar-refractivity contribution in [2.24, 2.45) is 5.92 Å². The van der Waals surface area contributed by atoms with Crippen LogP contribution in [0.15, 0.2) is 0 Å². The van der Waals surface area contributed by atoms with Crippen LogP contribution < -0.4 is 0 Å². The first-order valence-corrected chi connectivity index (χ1v) is 4.53. The van der Waals surface area contributed by atoms with Crippen molar-refractivity contribution >= 4 is 0 Å². The van der Waals surface area contributed by atoms with E-state index in [1.165, 1.54) is 25.9 Å². The molecular formula is C9H19N. The summed E-state index contributed by atoms with van der Waals surface area (Å²) in [6.07, 6.45) is 2.78. The van der Waals surface area contributed by atoms with Crippen LogP contribution in [0, 0.1) is 5.92 Å². The molecule has 1 heterocycles. The molecule has 0 saturated carbocycles. The standard InChI is InChI=1S/C9H19N/c1-4-9-6-7-10(5-2)8(9)3/h8-9H,4-7H2,1-3H3. The summed E-state index contributed by atoms with van der Waals surface area (Å²) >= 11 is 0. The first-order chi connectivity index (χ1) is 4.79. The molecule has 60 valence electrons. The van der Waals surface area contributed by atoms with Crippen LogP contribution in [0.5, 0.6) is 0 Å². The van der Waals surface area contributed by atoms with E-state index in [0.29, 0.717) is 0 Å². The number of rotatable bonds is 2. The van der Waals surface area contributed by atoms with Crippen molar-refractivity contribution in [3.8, 4) is 0 Å². The smallest absolute Gasteiger partial charge is 0.00954 e. The highest BCUT2D eigenvalue weighted by molar-refractivity contribution is 4.81. The van der Waals surface area contributed by atoms with Crippen molar-refractivity contribution in [3.63, 3.8) is 0 Å². The SMILES string of the molecule is CCC1CCN(CC)C1C. The van der Waals surface area contributed by atoms with E-state index in [1.807, 2.05) is 0 Å². The minimum absolute atomic E-state index is 0.843. The van der Waals surface area contributed by atoms with Gasteiger partial charge in [0.2, 0.25) is 0 Å². The molecule has 2 atom stereocenters. The first-order valence-electron chi connectivity index (χ1n) is 4.53. The lowest BCUT2D eigenvalue weighted by Crippen LogP contribution is -2.29. The van der Waals surface area contributed by atoms with E-state index in [1.54, 1.807) is 0 Å². The Bertz CT molecular complexity index is 88.9. The molecule has 1 heteroatoms. The maximum absolute atomic E-state index is 2.58. The van der Waals surface area contributed by atoms with Crippen molar-refractivity contribution in [1.29, 1.82) is 0 Å². The van der Waals surface area contributed by atoms with Gasteiger partial charge in [-0.1, -0.05) is 20.3 Å². The summed E-state index contributed by atoms with van der Waals surface area (Å²) in [6.45, 7) is 9.49. The van der Waals surface area contributed by atoms with Crippen molar-refractivity contribution in [2.45, 2.75) is 39.7 Å². The Morgan fingerprint density at radius 1 is 1.40 bits per heavy atom. The van der Waals surface area contributed by atoms with Gasteiger partial charge >= 0.3 is 0 Å². The molecule has 1 rings (SSSR count). The average Bonchev–Trinajstić information content (AvgIpc) is 2.30. The van der Waals surface area contributed by atoms with Gasteiger partial charge in [-0.25, -0.2) is 0 Å². The molecule has 1 fully saturated rings. The highest BCUT2D eigenvalue weighted by atomic mass is 15.2. The third kappa shape index (κ3) is 1.34. The van der Waals surface area contributed by atoms with Gasteiger partial charge in [0.05, 0.1) is 0 Å². The van der Waals surface area contributed by atoms with Gasteiger partial charge in [-0.2, -0.15) is 0 Å². The summed E-state index contributed by atoms with van der Waals surface area (Å²) < 4.78 is 0. The number of hydrogen-bond donors (Lipinski definition) is 0. The van der Waals surface area contributed by atoms with Crippen LogP contribution in [-0.4, -0.2) is 24.0 Å². The molecule has 0 aliphatic carbocycles. The summed E-state index contributed by atoms with van der Waals surface area (Å²) in [5.74, 6) is 0.972. The summed E-state index contributed by atoms with van der Waals surface area (Å²) in [6, 6.07) is 0.843. The monoisotopic (exact) mass is 141 g/mol. The summed E-state index contributed by atoms with van der Waals surface area (Å²) in [5.41, 5.74) is 0. The zero-order chi connectivity index (χ0) is 7.56. The first kappa shape index (κ1) is 8.06. The van der Waals surface area contributed by atoms with Crippen LogP contribution in [0.4, 0.5) is 0 Å². The molecular weight excluding hydrogens is 122 g/mol. The summed E-state index contributed by atoms with van der Waals surface area (Å²) in [7, 11) is 0. The Morgan fingerprint density at radius 3 is 2.40 bits per heavy atom. The summed E-state index contributed by atoms with van der Waals surface area (Å²) in [4.78, 5) is 2.58. The van der Waals surface area contributed by atoms with Gasteiger partial charge in [0.1, 0.15) is 0 Å². The van der Waals surface area contributed by atoms with E-state index in [-0.39, 0.29) is 0 Å². The Kier molecular flexibility index (Phi) is 2.72. The van der Waals surface area contributed by atoms with Crippen LogP contribution in [0.1, 0.15) is 33.6 Å². The second-order valence-corrected chi connectivity index (χ2v) is 3.33. The molecule has 0 bridgehead atoms. The molecule has 2 unspecified atom stereocenters. The van der Waals surface area contributed by atoms with Gasteiger partial charge in [-0.15, -0.1) is 0 Å². The largest absolute Gasteiger partial charge is 0.301 e. The normalized spacial score (nSPS) is 35.1. The Balaban J connectivity index is 2.41. The second kappa shape index (κ2) is 3.38. The second-order valence-electron chi connectivity index (χ2n) is 3.33. The number of hydrogen-bond acceptors (Lipinski definition) is 1. The maximum atomic E-state index is 2.58. The Hall–Kier alpha value is -0.0400. The third-order valence-electron chi connectivity index (χ3n) is 2.98. The fourth-order valence-electron chi connectivity index (χ4n) is 2.07. The fraction of sp³-hybridized carbons (Fsp3) is 1.00. The number of nitrogens with zero attached hydrogens (tertiary/aromatic N) is 1. The molecule has 1 saturated heterocycles. The molecule has 1 aliphatic heterocycles. The van der Waals surface area contributed by atoms with Crippen LogP contribution in [-0.2, 0) is 0 Å². The highest BCUT2D eigenvalue weighted by Gasteiger charge is 2.27. The molecule has 0 amide bonds. The Labute approximate surface area is 64.4 Å². The van der Waals surface area contributed by atoms with E-state index < -0.39 is 0 Å². The van der Waals surface area contributed by atoms with Gasteiger partial charge < -0.3 is 4.90 Å². The van der Waals surface area contributed by atoms with Gasteiger partial charge in [0, 0.05) is 6.04 Å². The fourth-order valence-corrected chi connectivity index (χ4v) is 2.07. The molecule has 1 aliphatic rings. The van der Waals surface area contributed by atoms with Gasteiger partial charge in [-0.3, -0.25) is 0 Å². The average molecular weight is 141 g/mol. The third-order valence-corrected chi connectivity index (χ3v) is 2.98. The summed E-state index contributed by atoms with van der Waals surface area (Å²) in [5, 5.41) is 0. The molecule has 10 heavy (non-hydrogen) atoms. The van der Waals surface area contributed by atoms with E-state index in [9.17, 15) is 0 Å². The Morgan fingerprint density at radius 2 is 2.10 bits per heavy atom. The van der Waals surface area contributed by atoms with Crippen molar-refractivity contribution in [2.75, 3.05) is 13.1 Å².